The first-order valence-electron chi connectivity index (χ1n) is 5.71. The molecule has 1 saturated heterocycles. The maximum Gasteiger partial charge on any atom is 0.123 e. The third kappa shape index (κ3) is 2.58. The van der Waals surface area contributed by atoms with Crippen molar-refractivity contribution in [2.45, 2.75) is 6.04 Å². The Bertz CT molecular complexity index is 320. The van der Waals surface area contributed by atoms with Gasteiger partial charge in [-0.2, -0.15) is 0 Å². The lowest BCUT2D eigenvalue weighted by Crippen LogP contribution is -2.46. The van der Waals surface area contributed by atoms with E-state index in [0.29, 0.717) is 6.54 Å². The largest absolute Gasteiger partial charge is 0.329 e. The van der Waals surface area contributed by atoms with Crippen LogP contribution in [0.25, 0.3) is 0 Å². The third-order valence-electron chi connectivity index (χ3n) is 3.07. The number of nitrogens with zero attached hydrogens (tertiary/aromatic N) is 1. The summed E-state index contributed by atoms with van der Waals surface area (Å²) in [7, 11) is 0. The van der Waals surface area contributed by atoms with E-state index in [-0.39, 0.29) is 11.9 Å². The highest BCUT2D eigenvalue weighted by Gasteiger charge is 2.20. The molecule has 1 atom stereocenters. The molecule has 88 valence electrons. The monoisotopic (exact) mass is 223 g/mol. The van der Waals surface area contributed by atoms with Crippen LogP contribution in [0.1, 0.15) is 11.6 Å². The van der Waals surface area contributed by atoms with E-state index < -0.39 is 0 Å². The average Bonchev–Trinajstić information content (AvgIpc) is 2.34. The summed E-state index contributed by atoms with van der Waals surface area (Å²) in [5.74, 6) is -0.195. The third-order valence-corrected chi connectivity index (χ3v) is 3.07. The predicted octanol–water partition coefficient (Wildman–Crippen LogP) is 0.731. The Hall–Kier alpha value is -0.970. The van der Waals surface area contributed by atoms with E-state index in [1.807, 2.05) is 12.1 Å². The quantitative estimate of drug-likeness (QED) is 0.794. The Morgan fingerprint density at radius 2 is 1.88 bits per heavy atom. The Balaban J connectivity index is 2.11. The predicted molar refractivity (Wildman–Crippen MR) is 62.6 cm³/mol. The molecule has 1 heterocycles. The van der Waals surface area contributed by atoms with Gasteiger partial charge in [0, 0.05) is 38.8 Å². The molecule has 1 aliphatic rings. The zero-order valence-electron chi connectivity index (χ0n) is 9.32. The molecule has 0 amide bonds. The van der Waals surface area contributed by atoms with E-state index in [9.17, 15) is 4.39 Å². The van der Waals surface area contributed by atoms with E-state index in [2.05, 4.69) is 10.2 Å². The van der Waals surface area contributed by atoms with Crippen molar-refractivity contribution in [3.05, 3.63) is 35.6 Å². The summed E-state index contributed by atoms with van der Waals surface area (Å²) in [6.45, 7) is 4.57. The molecular formula is C12H18FN3. The first-order chi connectivity index (χ1) is 7.81. The Morgan fingerprint density at radius 1 is 1.25 bits per heavy atom. The molecule has 0 aromatic heterocycles. The van der Waals surface area contributed by atoms with Crippen LogP contribution in [0.5, 0.6) is 0 Å². The molecule has 0 aliphatic carbocycles. The Kier molecular flexibility index (Phi) is 3.88. The number of nitrogens with one attached hydrogen (secondary N) is 1. The van der Waals surface area contributed by atoms with Gasteiger partial charge < -0.3 is 11.1 Å². The second kappa shape index (κ2) is 5.39. The molecule has 0 radical (unpaired) electrons. The fraction of sp³-hybridized carbons (Fsp3) is 0.500. The van der Waals surface area contributed by atoms with Gasteiger partial charge in [0.1, 0.15) is 5.82 Å². The first-order valence-corrected chi connectivity index (χ1v) is 5.71. The van der Waals surface area contributed by atoms with Crippen LogP contribution < -0.4 is 11.1 Å². The second-order valence-electron chi connectivity index (χ2n) is 4.09. The van der Waals surface area contributed by atoms with Crippen molar-refractivity contribution < 1.29 is 4.39 Å². The van der Waals surface area contributed by atoms with Gasteiger partial charge in [0.05, 0.1) is 0 Å². The molecule has 1 fully saturated rings. The van der Waals surface area contributed by atoms with Gasteiger partial charge in [0.15, 0.2) is 0 Å². The molecule has 4 heteroatoms. The van der Waals surface area contributed by atoms with Gasteiger partial charge in [-0.25, -0.2) is 4.39 Å². The Labute approximate surface area is 95.4 Å². The van der Waals surface area contributed by atoms with Gasteiger partial charge in [-0.3, -0.25) is 4.90 Å². The smallest absolute Gasteiger partial charge is 0.123 e. The van der Waals surface area contributed by atoms with Crippen molar-refractivity contribution in [1.82, 2.24) is 10.2 Å². The summed E-state index contributed by atoms with van der Waals surface area (Å²) in [4.78, 5) is 2.35. The molecule has 1 unspecified atom stereocenters. The van der Waals surface area contributed by atoms with E-state index in [1.165, 1.54) is 12.1 Å². The molecule has 1 aliphatic heterocycles. The van der Waals surface area contributed by atoms with Gasteiger partial charge in [-0.05, 0) is 17.7 Å². The van der Waals surface area contributed by atoms with Gasteiger partial charge in [-0.1, -0.05) is 12.1 Å². The van der Waals surface area contributed by atoms with Crippen molar-refractivity contribution >= 4 is 0 Å². The minimum atomic E-state index is -0.195. The molecular weight excluding hydrogens is 205 g/mol. The highest BCUT2D eigenvalue weighted by atomic mass is 19.1. The van der Waals surface area contributed by atoms with Crippen LogP contribution in [0.4, 0.5) is 4.39 Å². The van der Waals surface area contributed by atoms with Crippen LogP contribution in [0.15, 0.2) is 24.3 Å². The maximum atomic E-state index is 12.8. The number of nitrogens with two attached hydrogens (primary N) is 1. The van der Waals surface area contributed by atoms with Crippen LogP contribution >= 0.6 is 0 Å². The molecule has 0 spiro atoms. The topological polar surface area (TPSA) is 41.3 Å². The van der Waals surface area contributed by atoms with E-state index in [4.69, 9.17) is 5.73 Å². The van der Waals surface area contributed by atoms with Crippen molar-refractivity contribution in [3.8, 4) is 0 Å². The summed E-state index contributed by atoms with van der Waals surface area (Å²) in [6.07, 6.45) is 0. The fourth-order valence-electron chi connectivity index (χ4n) is 2.17. The van der Waals surface area contributed by atoms with Gasteiger partial charge in [-0.15, -0.1) is 0 Å². The van der Waals surface area contributed by atoms with E-state index in [0.717, 1.165) is 31.7 Å². The lowest BCUT2D eigenvalue weighted by atomic mass is 10.0. The van der Waals surface area contributed by atoms with E-state index in [1.54, 1.807) is 0 Å². The molecule has 1 aromatic rings. The molecule has 3 N–H and O–H groups in total. The number of piperazine rings is 1. The minimum absolute atomic E-state index is 0.195. The van der Waals surface area contributed by atoms with Crippen molar-refractivity contribution in [1.29, 1.82) is 0 Å². The van der Waals surface area contributed by atoms with Gasteiger partial charge in [0.2, 0.25) is 0 Å². The summed E-state index contributed by atoms with van der Waals surface area (Å²) in [6, 6.07) is 6.87. The van der Waals surface area contributed by atoms with Crippen LogP contribution in [0.3, 0.4) is 0 Å². The van der Waals surface area contributed by atoms with Crippen molar-refractivity contribution in [3.63, 3.8) is 0 Å². The number of hydrogen-bond acceptors (Lipinski definition) is 3. The number of halogens is 1. The average molecular weight is 223 g/mol. The standard InChI is InChI=1S/C12H18FN3/c13-11-3-1-10(2-4-11)12(9-14)16-7-5-15-6-8-16/h1-4,12,15H,5-9,14H2. The second-order valence-corrected chi connectivity index (χ2v) is 4.09. The summed E-state index contributed by atoms with van der Waals surface area (Å²) in [5, 5.41) is 3.31. The van der Waals surface area contributed by atoms with Crippen LogP contribution in [0.2, 0.25) is 0 Å². The summed E-state index contributed by atoms with van der Waals surface area (Å²) >= 11 is 0. The van der Waals surface area contributed by atoms with Crippen LogP contribution in [-0.2, 0) is 0 Å². The van der Waals surface area contributed by atoms with E-state index >= 15 is 0 Å². The highest BCUT2D eigenvalue weighted by molar-refractivity contribution is 5.20. The lowest BCUT2D eigenvalue weighted by Gasteiger charge is -2.34. The highest BCUT2D eigenvalue weighted by Crippen LogP contribution is 2.20. The SMILES string of the molecule is NCC(c1ccc(F)cc1)N1CCNCC1. The Morgan fingerprint density at radius 3 is 2.44 bits per heavy atom. The molecule has 16 heavy (non-hydrogen) atoms. The van der Waals surface area contributed by atoms with Gasteiger partial charge >= 0.3 is 0 Å². The van der Waals surface area contributed by atoms with Crippen LogP contribution in [0, 0.1) is 5.82 Å². The van der Waals surface area contributed by atoms with Gasteiger partial charge in [0.25, 0.3) is 0 Å². The summed E-state index contributed by atoms with van der Waals surface area (Å²) < 4.78 is 12.8. The number of rotatable bonds is 3. The molecule has 0 saturated carbocycles. The van der Waals surface area contributed by atoms with Crippen LogP contribution in [-0.4, -0.2) is 37.6 Å². The molecule has 0 bridgehead atoms. The number of hydrogen-bond donors (Lipinski definition) is 2. The maximum absolute atomic E-state index is 12.8. The molecule has 2 rings (SSSR count). The number of benzene rings is 1. The van der Waals surface area contributed by atoms with Crippen molar-refractivity contribution in [2.75, 3.05) is 32.7 Å². The lowest BCUT2D eigenvalue weighted by molar-refractivity contribution is 0.178. The zero-order valence-corrected chi connectivity index (χ0v) is 9.32. The zero-order chi connectivity index (χ0) is 11.4. The summed E-state index contributed by atoms with van der Waals surface area (Å²) in [5.41, 5.74) is 6.92. The first kappa shape index (κ1) is 11.5. The van der Waals surface area contributed by atoms with Crippen molar-refractivity contribution in [2.24, 2.45) is 5.73 Å². The normalized spacial score (nSPS) is 19.6. The fourth-order valence-corrected chi connectivity index (χ4v) is 2.17. The molecule has 1 aromatic carbocycles. The minimum Gasteiger partial charge on any atom is -0.329 e. The molecule has 3 nitrogen and oxygen atoms in total.